The number of nitrogens with zero attached hydrogens (tertiary/aromatic N) is 2. The summed E-state index contributed by atoms with van der Waals surface area (Å²) in [7, 11) is 0. The molecule has 2 nitrogen and oxygen atoms in total. The molecule has 1 aliphatic rings. The molecule has 1 aliphatic heterocycles. The second kappa shape index (κ2) is 1.43. The van der Waals surface area contributed by atoms with Crippen LogP contribution in [0, 0.1) is 5.50 Å². The van der Waals surface area contributed by atoms with Gasteiger partial charge in [0.2, 0.25) is 5.50 Å². The lowest BCUT2D eigenvalue weighted by Crippen LogP contribution is -1.62. The summed E-state index contributed by atoms with van der Waals surface area (Å²) in [4.78, 5) is 7.34. The van der Waals surface area contributed by atoms with Crippen molar-refractivity contribution in [1.29, 1.82) is 0 Å². The maximum atomic E-state index is 3.81. The highest BCUT2D eigenvalue weighted by Crippen LogP contribution is 2.09. The quantitative estimate of drug-likeness (QED) is 0.428. The van der Waals surface area contributed by atoms with Crippen molar-refractivity contribution in [3.63, 3.8) is 0 Å². The summed E-state index contributed by atoms with van der Waals surface area (Å²) in [5.74, 6) is 0. The van der Waals surface area contributed by atoms with Crippen LogP contribution >= 0.6 is 12.6 Å². The molecule has 0 bridgehead atoms. The van der Waals surface area contributed by atoms with Gasteiger partial charge in [-0.05, 0) is 0 Å². The fourth-order valence-corrected chi connectivity index (χ4v) is 0.367. The van der Waals surface area contributed by atoms with Crippen LogP contribution < -0.4 is 0 Å². The van der Waals surface area contributed by atoms with Crippen LogP contribution in [0.25, 0.3) is 0 Å². The SMILES string of the molecule is S[C]1N=CC=N1. The molecule has 0 saturated carbocycles. The van der Waals surface area contributed by atoms with Gasteiger partial charge in [0, 0.05) is 12.4 Å². The van der Waals surface area contributed by atoms with Crippen molar-refractivity contribution in [2.45, 2.75) is 0 Å². The zero-order valence-electron chi connectivity index (χ0n) is 3.00. The van der Waals surface area contributed by atoms with E-state index < -0.39 is 0 Å². The van der Waals surface area contributed by atoms with E-state index in [4.69, 9.17) is 0 Å². The molecule has 1 rings (SSSR count). The fraction of sp³-hybridized carbons (Fsp3) is 0. The molecule has 0 aliphatic carbocycles. The first-order valence-corrected chi connectivity index (χ1v) is 1.97. The number of hydrogen-bond donors (Lipinski definition) is 1. The summed E-state index contributed by atoms with van der Waals surface area (Å²) in [5, 5.41) is 0. The van der Waals surface area contributed by atoms with E-state index in [1.807, 2.05) is 0 Å². The van der Waals surface area contributed by atoms with Crippen LogP contribution in [0.1, 0.15) is 0 Å². The second-order valence-corrected chi connectivity index (χ2v) is 1.26. The zero-order chi connectivity index (χ0) is 4.41. The molecule has 0 unspecified atom stereocenters. The van der Waals surface area contributed by atoms with Crippen LogP contribution in [0.4, 0.5) is 0 Å². The Morgan fingerprint density at radius 2 is 1.83 bits per heavy atom. The van der Waals surface area contributed by atoms with Crippen molar-refractivity contribution >= 4 is 25.1 Å². The second-order valence-electron chi connectivity index (χ2n) is 0.856. The van der Waals surface area contributed by atoms with E-state index in [1.54, 1.807) is 12.4 Å². The molecular weight excluding hydrogens is 96.1 g/mol. The smallest absolute Gasteiger partial charge is 0.247 e. The van der Waals surface area contributed by atoms with Crippen LogP contribution in [-0.4, -0.2) is 12.4 Å². The lowest BCUT2D eigenvalue weighted by Gasteiger charge is -1.80. The highest BCUT2D eigenvalue weighted by atomic mass is 32.1. The molecule has 31 valence electrons. The molecule has 6 heavy (non-hydrogen) atoms. The van der Waals surface area contributed by atoms with E-state index in [2.05, 4.69) is 22.6 Å². The minimum absolute atomic E-state index is 0.537. The molecule has 0 aromatic heterocycles. The third-order valence-electron chi connectivity index (χ3n) is 0.447. The Kier molecular flexibility index (Phi) is 0.919. The highest BCUT2D eigenvalue weighted by Gasteiger charge is 1.95. The van der Waals surface area contributed by atoms with E-state index in [-0.39, 0.29) is 0 Å². The fourth-order valence-electron chi connectivity index (χ4n) is 0.233. The Bertz CT molecular complexity index is 85.0. The van der Waals surface area contributed by atoms with E-state index >= 15 is 0 Å². The molecule has 0 atom stereocenters. The third kappa shape index (κ3) is 0.597. The van der Waals surface area contributed by atoms with Gasteiger partial charge in [-0.3, -0.25) is 0 Å². The highest BCUT2D eigenvalue weighted by molar-refractivity contribution is 7.83. The number of aliphatic imine (C=N–C) groups is 2. The number of thiol groups is 1. The van der Waals surface area contributed by atoms with Gasteiger partial charge in [0.1, 0.15) is 0 Å². The maximum Gasteiger partial charge on any atom is 0.250 e. The van der Waals surface area contributed by atoms with Crippen LogP contribution in [0.2, 0.25) is 0 Å². The number of rotatable bonds is 0. The van der Waals surface area contributed by atoms with Crippen LogP contribution in [0.3, 0.4) is 0 Å². The van der Waals surface area contributed by atoms with Crippen molar-refractivity contribution in [3.05, 3.63) is 5.50 Å². The average molecular weight is 99.1 g/mol. The minimum atomic E-state index is 0.537. The van der Waals surface area contributed by atoms with Crippen molar-refractivity contribution in [2.24, 2.45) is 9.98 Å². The normalized spacial score (nSPS) is 20.2. The predicted molar refractivity (Wildman–Crippen MR) is 29.2 cm³/mol. The predicted octanol–water partition coefficient (Wildman–Crippen LogP) is 0.518. The average Bonchev–Trinajstić information content (AvgIpc) is 1.86. The van der Waals surface area contributed by atoms with Gasteiger partial charge in [0.05, 0.1) is 0 Å². The van der Waals surface area contributed by atoms with Gasteiger partial charge in [-0.1, -0.05) is 0 Å². The molecule has 0 aromatic rings. The first kappa shape index (κ1) is 3.87. The minimum Gasteiger partial charge on any atom is -0.247 e. The van der Waals surface area contributed by atoms with E-state index in [0.29, 0.717) is 5.50 Å². The van der Waals surface area contributed by atoms with Gasteiger partial charge in [0.25, 0.3) is 0 Å². The lowest BCUT2D eigenvalue weighted by atomic mass is 10.9. The van der Waals surface area contributed by atoms with Crippen LogP contribution in [0.5, 0.6) is 0 Å². The Morgan fingerprint density at radius 1 is 1.33 bits per heavy atom. The zero-order valence-corrected chi connectivity index (χ0v) is 3.89. The molecule has 1 heterocycles. The van der Waals surface area contributed by atoms with Crippen molar-refractivity contribution in [2.75, 3.05) is 0 Å². The molecule has 3 heteroatoms. The van der Waals surface area contributed by atoms with Gasteiger partial charge in [-0.15, -0.1) is 12.6 Å². The van der Waals surface area contributed by atoms with E-state index in [0.717, 1.165) is 0 Å². The molecule has 0 aromatic carbocycles. The molecule has 1 radical (unpaired) electrons. The van der Waals surface area contributed by atoms with E-state index in [1.165, 1.54) is 0 Å². The van der Waals surface area contributed by atoms with Crippen molar-refractivity contribution < 1.29 is 0 Å². The van der Waals surface area contributed by atoms with Gasteiger partial charge in [-0.25, -0.2) is 9.98 Å². The van der Waals surface area contributed by atoms with Crippen molar-refractivity contribution in [1.82, 2.24) is 0 Å². The summed E-state index contributed by atoms with van der Waals surface area (Å²) in [6.07, 6.45) is 3.20. The molecular formula is C3H3N2S. The Morgan fingerprint density at radius 3 is 2.00 bits per heavy atom. The topological polar surface area (TPSA) is 24.7 Å². The van der Waals surface area contributed by atoms with Gasteiger partial charge >= 0.3 is 0 Å². The Balaban J connectivity index is 2.60. The molecule has 0 saturated heterocycles. The maximum absolute atomic E-state index is 3.81. The lowest BCUT2D eigenvalue weighted by molar-refractivity contribution is 1.24. The molecule has 0 fully saturated rings. The molecule has 0 spiro atoms. The van der Waals surface area contributed by atoms with Crippen LogP contribution in [-0.2, 0) is 0 Å². The summed E-state index contributed by atoms with van der Waals surface area (Å²) in [5.41, 5.74) is 0.537. The summed E-state index contributed by atoms with van der Waals surface area (Å²) in [6, 6.07) is 0. The molecule has 0 amide bonds. The van der Waals surface area contributed by atoms with Crippen molar-refractivity contribution in [3.8, 4) is 0 Å². The largest absolute Gasteiger partial charge is 0.250 e. The van der Waals surface area contributed by atoms with Gasteiger partial charge in [-0.2, -0.15) is 0 Å². The molecule has 0 N–H and O–H groups in total. The first-order chi connectivity index (χ1) is 2.89. The third-order valence-corrected chi connectivity index (χ3v) is 0.678. The Labute approximate surface area is 41.4 Å². The van der Waals surface area contributed by atoms with Gasteiger partial charge in [0.15, 0.2) is 0 Å². The van der Waals surface area contributed by atoms with E-state index in [9.17, 15) is 0 Å². The first-order valence-electron chi connectivity index (χ1n) is 1.52. The monoisotopic (exact) mass is 99.0 g/mol. The Hall–Kier alpha value is -0.310. The summed E-state index contributed by atoms with van der Waals surface area (Å²) >= 11 is 3.81. The summed E-state index contributed by atoms with van der Waals surface area (Å²) in [6.45, 7) is 0. The number of hydrogen-bond acceptors (Lipinski definition) is 3. The van der Waals surface area contributed by atoms with Crippen LogP contribution in [0.15, 0.2) is 9.98 Å². The van der Waals surface area contributed by atoms with Gasteiger partial charge < -0.3 is 0 Å². The summed E-state index contributed by atoms with van der Waals surface area (Å²) < 4.78 is 0. The standard InChI is InChI=1S/C3H3N2S/c6-3-4-1-2-5-3/h1-2,6H.